The molecule has 1 saturated carbocycles. The third-order valence-electron chi connectivity index (χ3n) is 3.45. The Hall–Kier alpha value is -1.15. The third-order valence-corrected chi connectivity index (χ3v) is 5.00. The highest BCUT2D eigenvalue weighted by Crippen LogP contribution is 2.24. The number of nitrogens with one attached hydrogen (secondary N) is 1. The maximum Gasteiger partial charge on any atom is 0.321 e. The van der Waals surface area contributed by atoms with Gasteiger partial charge in [0.2, 0.25) is 10.0 Å². The lowest BCUT2D eigenvalue weighted by molar-refractivity contribution is -0.140. The van der Waals surface area contributed by atoms with Gasteiger partial charge in [-0.25, -0.2) is 13.1 Å². The maximum absolute atomic E-state index is 11.9. The normalized spacial score (nSPS) is 18.6. The Morgan fingerprint density at radius 1 is 1.15 bits per heavy atom. The van der Waals surface area contributed by atoms with Crippen LogP contribution in [0, 0.1) is 5.92 Å². The van der Waals surface area contributed by atoms with Gasteiger partial charge in [-0.05, 0) is 25.2 Å². The number of carbonyl (C=O) groups is 2. The minimum Gasteiger partial charge on any atom is -0.481 e. The second-order valence-electron chi connectivity index (χ2n) is 5.23. The van der Waals surface area contributed by atoms with Crippen molar-refractivity contribution in [3.63, 3.8) is 0 Å². The molecule has 7 nitrogen and oxygen atoms in total. The Bertz CT molecular complexity index is 441. The van der Waals surface area contributed by atoms with Gasteiger partial charge in [0.15, 0.2) is 0 Å². The van der Waals surface area contributed by atoms with E-state index in [0.717, 1.165) is 32.1 Å². The molecule has 0 saturated heterocycles. The number of sulfonamides is 1. The molecule has 0 aromatic carbocycles. The summed E-state index contributed by atoms with van der Waals surface area (Å²) in [7, 11) is -3.70. The van der Waals surface area contributed by atoms with Crippen LogP contribution in [0.25, 0.3) is 0 Å². The van der Waals surface area contributed by atoms with Crippen molar-refractivity contribution in [2.75, 3.05) is 5.75 Å². The number of hydrogen-bond donors (Lipinski definition) is 3. The Labute approximate surface area is 118 Å². The molecule has 116 valence electrons. The molecule has 0 bridgehead atoms. The third kappa shape index (κ3) is 6.33. The number of aliphatic carboxylic acids is 2. The van der Waals surface area contributed by atoms with E-state index in [1.54, 1.807) is 0 Å². The van der Waals surface area contributed by atoms with Gasteiger partial charge in [0, 0.05) is 6.42 Å². The van der Waals surface area contributed by atoms with E-state index in [-0.39, 0.29) is 24.5 Å². The monoisotopic (exact) mass is 307 g/mol. The molecule has 1 aliphatic rings. The summed E-state index contributed by atoms with van der Waals surface area (Å²) >= 11 is 0. The highest BCUT2D eigenvalue weighted by Gasteiger charge is 2.27. The van der Waals surface area contributed by atoms with Gasteiger partial charge >= 0.3 is 11.9 Å². The molecule has 0 aliphatic heterocycles. The zero-order chi connectivity index (χ0) is 15.2. The number of carboxylic acid groups (broad SMARTS) is 2. The van der Waals surface area contributed by atoms with Crippen LogP contribution in [0.1, 0.15) is 44.9 Å². The topological polar surface area (TPSA) is 121 Å². The van der Waals surface area contributed by atoms with Crippen LogP contribution in [0.15, 0.2) is 0 Å². The standard InChI is InChI=1S/C12H21NO6S/c14-11(15)7-6-10(12(16)17)13-20(18,19)8-9-4-2-1-3-5-9/h9-10,13H,1-8H2,(H,14,15)(H,16,17)/t10-/m0/s1. The average molecular weight is 307 g/mol. The molecule has 1 rings (SSSR count). The summed E-state index contributed by atoms with van der Waals surface area (Å²) in [5.74, 6) is -2.51. The molecule has 1 atom stereocenters. The van der Waals surface area contributed by atoms with Crippen molar-refractivity contribution in [1.82, 2.24) is 4.72 Å². The lowest BCUT2D eigenvalue weighted by atomic mass is 9.91. The molecule has 0 heterocycles. The molecule has 0 aromatic heterocycles. The van der Waals surface area contributed by atoms with Gasteiger partial charge < -0.3 is 10.2 Å². The van der Waals surface area contributed by atoms with Crippen LogP contribution in [0.3, 0.4) is 0 Å². The first-order chi connectivity index (χ1) is 9.30. The average Bonchev–Trinajstić information content (AvgIpc) is 2.34. The van der Waals surface area contributed by atoms with Crippen LogP contribution in [0.5, 0.6) is 0 Å². The summed E-state index contributed by atoms with van der Waals surface area (Å²) in [5, 5.41) is 17.5. The van der Waals surface area contributed by atoms with E-state index in [1.165, 1.54) is 0 Å². The van der Waals surface area contributed by atoms with Crippen molar-refractivity contribution >= 4 is 22.0 Å². The van der Waals surface area contributed by atoms with Crippen LogP contribution >= 0.6 is 0 Å². The number of hydrogen-bond acceptors (Lipinski definition) is 4. The number of carboxylic acids is 2. The lowest BCUT2D eigenvalue weighted by Crippen LogP contribution is -2.43. The lowest BCUT2D eigenvalue weighted by Gasteiger charge is -2.22. The van der Waals surface area contributed by atoms with Gasteiger partial charge in [-0.2, -0.15) is 0 Å². The van der Waals surface area contributed by atoms with Gasteiger partial charge in [-0.15, -0.1) is 0 Å². The van der Waals surface area contributed by atoms with Gasteiger partial charge in [0.1, 0.15) is 6.04 Å². The fourth-order valence-corrected chi connectivity index (χ4v) is 4.13. The predicted octanol–water partition coefficient (Wildman–Crippen LogP) is 0.804. The largest absolute Gasteiger partial charge is 0.481 e. The summed E-state index contributed by atoms with van der Waals surface area (Å²) in [4.78, 5) is 21.4. The number of rotatable bonds is 8. The van der Waals surface area contributed by atoms with Crippen molar-refractivity contribution in [2.24, 2.45) is 5.92 Å². The molecule has 1 fully saturated rings. The molecule has 0 aromatic rings. The first-order valence-corrected chi connectivity index (χ1v) is 8.40. The van der Waals surface area contributed by atoms with Crippen LogP contribution in [-0.4, -0.2) is 42.4 Å². The van der Waals surface area contributed by atoms with E-state index >= 15 is 0 Å². The molecule has 0 amide bonds. The molecule has 8 heteroatoms. The van der Waals surface area contributed by atoms with Crippen LogP contribution in [-0.2, 0) is 19.6 Å². The molecule has 1 aliphatic carbocycles. The van der Waals surface area contributed by atoms with Gasteiger partial charge in [-0.1, -0.05) is 19.3 Å². The highest BCUT2D eigenvalue weighted by molar-refractivity contribution is 7.89. The highest BCUT2D eigenvalue weighted by atomic mass is 32.2. The van der Waals surface area contributed by atoms with Crippen molar-refractivity contribution in [1.29, 1.82) is 0 Å². The zero-order valence-electron chi connectivity index (χ0n) is 11.2. The predicted molar refractivity (Wildman–Crippen MR) is 71.8 cm³/mol. The summed E-state index contributed by atoms with van der Waals surface area (Å²) in [6.45, 7) is 0. The molecular weight excluding hydrogens is 286 g/mol. The van der Waals surface area contributed by atoms with Crippen molar-refractivity contribution < 1.29 is 28.2 Å². The molecule has 3 N–H and O–H groups in total. The molecule has 20 heavy (non-hydrogen) atoms. The van der Waals surface area contributed by atoms with E-state index in [1.807, 2.05) is 0 Å². The molecule has 0 spiro atoms. The second kappa shape index (κ2) is 7.58. The van der Waals surface area contributed by atoms with Gasteiger partial charge in [0.05, 0.1) is 5.75 Å². The Morgan fingerprint density at radius 2 is 1.75 bits per heavy atom. The summed E-state index contributed by atoms with van der Waals surface area (Å²) in [5.41, 5.74) is 0. The maximum atomic E-state index is 11.9. The SMILES string of the molecule is O=C(O)CC[C@H](NS(=O)(=O)CC1CCCCC1)C(=O)O. The minimum atomic E-state index is -3.70. The van der Waals surface area contributed by atoms with Gasteiger partial charge in [0.25, 0.3) is 0 Å². The van der Waals surface area contributed by atoms with Crippen molar-refractivity contribution in [3.05, 3.63) is 0 Å². The first-order valence-electron chi connectivity index (χ1n) is 6.75. The van der Waals surface area contributed by atoms with E-state index in [9.17, 15) is 18.0 Å². The Morgan fingerprint density at radius 3 is 2.25 bits per heavy atom. The van der Waals surface area contributed by atoms with Crippen LogP contribution in [0.2, 0.25) is 0 Å². The summed E-state index contributed by atoms with van der Waals surface area (Å²) in [6.07, 6.45) is 4.16. The smallest absolute Gasteiger partial charge is 0.321 e. The van der Waals surface area contributed by atoms with E-state index < -0.39 is 28.0 Å². The fraction of sp³-hybridized carbons (Fsp3) is 0.833. The molecule has 0 radical (unpaired) electrons. The van der Waals surface area contributed by atoms with E-state index in [0.29, 0.717) is 0 Å². The van der Waals surface area contributed by atoms with E-state index in [2.05, 4.69) is 4.72 Å². The van der Waals surface area contributed by atoms with Crippen LogP contribution in [0.4, 0.5) is 0 Å². The quantitative estimate of drug-likeness (QED) is 0.610. The van der Waals surface area contributed by atoms with E-state index in [4.69, 9.17) is 10.2 Å². The molecule has 0 unspecified atom stereocenters. The Balaban J connectivity index is 2.55. The summed E-state index contributed by atoms with van der Waals surface area (Å²) in [6, 6.07) is -1.38. The first kappa shape index (κ1) is 16.9. The molecular formula is C12H21NO6S. The van der Waals surface area contributed by atoms with Crippen molar-refractivity contribution in [2.45, 2.75) is 51.0 Å². The second-order valence-corrected chi connectivity index (χ2v) is 7.03. The zero-order valence-corrected chi connectivity index (χ0v) is 12.1. The Kier molecular flexibility index (Phi) is 6.41. The summed E-state index contributed by atoms with van der Waals surface area (Å²) < 4.78 is 26.0. The van der Waals surface area contributed by atoms with Crippen LogP contribution < -0.4 is 4.72 Å². The fourth-order valence-electron chi connectivity index (χ4n) is 2.43. The minimum absolute atomic E-state index is 0.0650. The van der Waals surface area contributed by atoms with Crippen molar-refractivity contribution in [3.8, 4) is 0 Å². The van der Waals surface area contributed by atoms with Gasteiger partial charge in [-0.3, -0.25) is 9.59 Å².